The number of benzene rings is 3. The molecule has 4 unspecified atom stereocenters. The van der Waals surface area contributed by atoms with E-state index in [4.69, 9.17) is 10.5 Å². The molecule has 0 radical (unpaired) electrons. The molecule has 3 rings (SSSR count). The molecule has 0 saturated carbocycles. The molecule has 3 aromatic rings. The summed E-state index contributed by atoms with van der Waals surface area (Å²) in [6, 6.07) is 19.1. The van der Waals surface area contributed by atoms with E-state index in [2.05, 4.69) is 26.3 Å². The molecule has 0 aliphatic heterocycles. The lowest BCUT2D eigenvalue weighted by atomic mass is 9.97. The molecular formula is C42H56N6O8. The van der Waals surface area contributed by atoms with Gasteiger partial charge in [-0.15, -0.1) is 0 Å². The van der Waals surface area contributed by atoms with Crippen molar-refractivity contribution in [3.05, 3.63) is 107 Å². The van der Waals surface area contributed by atoms with E-state index >= 15 is 0 Å². The maximum atomic E-state index is 13.9. The Balaban J connectivity index is 1.73. The number of aliphatic hydroxyl groups excluding tert-OH is 1. The summed E-state index contributed by atoms with van der Waals surface area (Å²) in [4.78, 5) is 57.2. The van der Waals surface area contributed by atoms with Gasteiger partial charge >= 0.3 is 5.97 Å². The van der Waals surface area contributed by atoms with Gasteiger partial charge < -0.3 is 47.1 Å². The minimum atomic E-state index is -1.38. The highest BCUT2D eigenvalue weighted by atomic mass is 16.5. The molecule has 0 heterocycles. The number of nitrogens with zero attached hydrogens (tertiary/aromatic N) is 1. The molecule has 302 valence electrons. The Bertz CT molecular complexity index is 1740. The summed E-state index contributed by atoms with van der Waals surface area (Å²) in [5, 5.41) is 42.0. The van der Waals surface area contributed by atoms with Crippen LogP contribution in [0.1, 0.15) is 62.6 Å². The van der Waals surface area contributed by atoms with E-state index in [9.17, 15) is 34.5 Å². The van der Waals surface area contributed by atoms with Gasteiger partial charge in [0.25, 0.3) is 0 Å². The molecule has 0 spiro atoms. The zero-order chi connectivity index (χ0) is 40.9. The molecule has 0 bridgehead atoms. The summed E-state index contributed by atoms with van der Waals surface area (Å²) < 4.78 is 4.90. The molecule has 9 N–H and O–H groups in total. The third-order valence-corrected chi connectivity index (χ3v) is 8.88. The number of aromatic hydroxyl groups is 2. The van der Waals surface area contributed by atoms with E-state index in [1.165, 1.54) is 19.2 Å². The monoisotopic (exact) mass is 772 g/mol. The number of methoxy groups -OCH3 is 1. The molecule has 56 heavy (non-hydrogen) atoms. The van der Waals surface area contributed by atoms with Gasteiger partial charge in [0.2, 0.25) is 17.7 Å². The predicted molar refractivity (Wildman–Crippen MR) is 215 cm³/mol. The van der Waals surface area contributed by atoms with Crippen LogP contribution in [0.4, 0.5) is 0 Å². The van der Waals surface area contributed by atoms with Crippen molar-refractivity contribution in [1.29, 1.82) is 0 Å². The number of nitrogens with two attached hydrogens (primary N) is 1. The molecule has 14 nitrogen and oxygen atoms in total. The van der Waals surface area contributed by atoms with E-state index in [1.54, 1.807) is 36.4 Å². The Morgan fingerprint density at radius 1 is 0.786 bits per heavy atom. The number of aliphatic imine (C=N–C) groups is 1. The number of allylic oxidation sites excluding steroid dienone is 1. The standard InChI is InChI=1S/C42H56N6O8/c1-28(2)22-24-45-42(43)44-23-8-12-34(46-38(52)13-7-11-29-14-18-32(49)19-15-29)40(54)48-35(25-30-9-5-4-6-10-30)37(51)27-39(53)47-36(41(55)56-3)26-31-16-20-33(50)21-17-31/h4-6,9-10,14-22,34-37,49-51H,7-8,11-13,23-27H2,1-3H3,(H,46,52)(H,47,53)(H,48,54)(H3,43,44,45). The largest absolute Gasteiger partial charge is 0.508 e. The normalized spacial score (nSPS) is 13.3. The van der Waals surface area contributed by atoms with Crippen LogP contribution in [0.2, 0.25) is 0 Å². The fourth-order valence-corrected chi connectivity index (χ4v) is 5.78. The number of amides is 3. The van der Waals surface area contributed by atoms with Crippen LogP contribution < -0.4 is 27.0 Å². The van der Waals surface area contributed by atoms with Crippen LogP contribution >= 0.6 is 0 Å². The number of esters is 1. The summed E-state index contributed by atoms with van der Waals surface area (Å²) in [6.45, 7) is 4.74. The first-order valence-electron chi connectivity index (χ1n) is 18.7. The lowest BCUT2D eigenvalue weighted by molar-refractivity contribution is -0.145. The lowest BCUT2D eigenvalue weighted by Crippen LogP contribution is -2.54. The summed E-state index contributed by atoms with van der Waals surface area (Å²) in [7, 11) is 1.20. The molecule has 0 aliphatic carbocycles. The van der Waals surface area contributed by atoms with Crippen molar-refractivity contribution in [1.82, 2.24) is 21.3 Å². The second-order valence-electron chi connectivity index (χ2n) is 13.8. The predicted octanol–water partition coefficient (Wildman–Crippen LogP) is 2.94. The van der Waals surface area contributed by atoms with Crippen LogP contribution in [0.5, 0.6) is 11.5 Å². The highest BCUT2D eigenvalue weighted by molar-refractivity contribution is 5.88. The summed E-state index contributed by atoms with van der Waals surface area (Å²) in [6.07, 6.45) is 2.27. The number of nitrogens with one attached hydrogen (secondary N) is 4. The Morgan fingerprint density at radius 2 is 1.39 bits per heavy atom. The van der Waals surface area contributed by atoms with Crippen molar-refractivity contribution in [2.75, 3.05) is 20.2 Å². The second-order valence-corrected chi connectivity index (χ2v) is 13.8. The minimum Gasteiger partial charge on any atom is -0.508 e. The number of hydrogen-bond acceptors (Lipinski definition) is 9. The third kappa shape index (κ3) is 17.1. The van der Waals surface area contributed by atoms with Crippen LogP contribution in [0.3, 0.4) is 0 Å². The topological polar surface area (TPSA) is 225 Å². The van der Waals surface area contributed by atoms with Crippen molar-refractivity contribution in [3.8, 4) is 11.5 Å². The Morgan fingerprint density at radius 3 is 2.02 bits per heavy atom. The van der Waals surface area contributed by atoms with Crippen molar-refractivity contribution in [2.24, 2.45) is 10.7 Å². The number of rotatable bonds is 22. The Labute approximate surface area is 328 Å². The molecule has 14 heteroatoms. The molecule has 3 aromatic carbocycles. The first-order valence-corrected chi connectivity index (χ1v) is 18.7. The van der Waals surface area contributed by atoms with Gasteiger partial charge in [0.05, 0.1) is 32.2 Å². The number of carbonyl (C=O) groups excluding carboxylic acids is 4. The number of guanidine groups is 1. The molecule has 0 aliphatic rings. The van der Waals surface area contributed by atoms with Crippen LogP contribution in [-0.4, -0.2) is 89.4 Å². The quantitative estimate of drug-likeness (QED) is 0.0245. The van der Waals surface area contributed by atoms with Gasteiger partial charge in [-0.3, -0.25) is 14.4 Å². The SMILES string of the molecule is COC(=O)C(Cc1ccc(O)cc1)NC(=O)CC(O)C(Cc1ccccc1)NC(=O)C(CCCNC(N)=NCC=C(C)C)NC(=O)CCCc1ccc(O)cc1. The van der Waals surface area contributed by atoms with Crippen LogP contribution in [-0.2, 0) is 43.2 Å². The molecule has 3 amide bonds. The fourth-order valence-electron chi connectivity index (χ4n) is 5.78. The van der Waals surface area contributed by atoms with E-state index in [1.807, 2.05) is 50.3 Å². The van der Waals surface area contributed by atoms with Gasteiger partial charge in [0.1, 0.15) is 23.6 Å². The third-order valence-electron chi connectivity index (χ3n) is 8.88. The van der Waals surface area contributed by atoms with Crippen LogP contribution in [0, 0.1) is 0 Å². The van der Waals surface area contributed by atoms with Gasteiger partial charge in [-0.05, 0) is 86.9 Å². The fraction of sp³-hybridized carbons (Fsp3) is 0.405. The molecule has 0 fully saturated rings. The second kappa shape index (κ2) is 23.8. The minimum absolute atomic E-state index is 0.0518. The smallest absolute Gasteiger partial charge is 0.328 e. The van der Waals surface area contributed by atoms with Crippen molar-refractivity contribution < 1.29 is 39.2 Å². The highest BCUT2D eigenvalue weighted by Gasteiger charge is 2.30. The number of hydrogen-bond donors (Lipinski definition) is 8. The highest BCUT2D eigenvalue weighted by Crippen LogP contribution is 2.15. The maximum Gasteiger partial charge on any atom is 0.328 e. The number of phenols is 2. The van der Waals surface area contributed by atoms with Gasteiger partial charge in [-0.25, -0.2) is 9.79 Å². The summed E-state index contributed by atoms with van der Waals surface area (Å²) in [5.41, 5.74) is 9.51. The number of ether oxygens (including phenoxy) is 1. The van der Waals surface area contributed by atoms with Gasteiger partial charge in [-0.1, -0.05) is 66.2 Å². The van der Waals surface area contributed by atoms with Gasteiger partial charge in [0.15, 0.2) is 5.96 Å². The summed E-state index contributed by atoms with van der Waals surface area (Å²) in [5.74, 6) is -1.74. The number of aryl methyl sites for hydroxylation is 1. The zero-order valence-corrected chi connectivity index (χ0v) is 32.4. The summed E-state index contributed by atoms with van der Waals surface area (Å²) >= 11 is 0. The van der Waals surface area contributed by atoms with Crippen molar-refractivity contribution in [3.63, 3.8) is 0 Å². The maximum absolute atomic E-state index is 13.9. The van der Waals surface area contributed by atoms with E-state index in [0.29, 0.717) is 37.9 Å². The lowest BCUT2D eigenvalue weighted by Gasteiger charge is -2.27. The first kappa shape index (κ1) is 44.5. The number of aliphatic hydroxyl groups is 1. The number of carbonyl (C=O) groups is 4. The number of phenolic OH excluding ortho intramolecular Hbond substituents is 2. The average Bonchev–Trinajstić information content (AvgIpc) is 3.17. The zero-order valence-electron chi connectivity index (χ0n) is 32.4. The van der Waals surface area contributed by atoms with Gasteiger partial charge in [0, 0.05) is 19.4 Å². The molecule has 0 saturated heterocycles. The van der Waals surface area contributed by atoms with Crippen LogP contribution in [0.15, 0.2) is 95.5 Å². The Hall–Kier alpha value is -5.89. The van der Waals surface area contributed by atoms with E-state index in [0.717, 1.165) is 16.7 Å². The Kier molecular flexibility index (Phi) is 18.9. The molecule has 0 aromatic heterocycles. The van der Waals surface area contributed by atoms with E-state index in [-0.39, 0.29) is 49.0 Å². The first-order chi connectivity index (χ1) is 26.8. The average molecular weight is 773 g/mol. The molecule has 4 atom stereocenters. The van der Waals surface area contributed by atoms with Gasteiger partial charge in [-0.2, -0.15) is 0 Å². The van der Waals surface area contributed by atoms with Crippen LogP contribution in [0.25, 0.3) is 0 Å². The van der Waals surface area contributed by atoms with Crippen molar-refractivity contribution >= 4 is 29.7 Å². The van der Waals surface area contributed by atoms with E-state index < -0.39 is 48.4 Å². The molecular weight excluding hydrogens is 716 g/mol. The van der Waals surface area contributed by atoms with Crippen molar-refractivity contribution in [2.45, 2.75) is 89.4 Å².